The molecular formula is C18H24N2O7S. The average molecular weight is 412 g/mol. The molecule has 0 bridgehead atoms. The van der Waals surface area contributed by atoms with Crippen LogP contribution in [0.1, 0.15) is 0 Å². The zero-order valence-electron chi connectivity index (χ0n) is 15.4. The summed E-state index contributed by atoms with van der Waals surface area (Å²) in [6.45, 7) is -0.868. The van der Waals surface area contributed by atoms with Crippen molar-refractivity contribution in [3.8, 4) is 0 Å². The Labute approximate surface area is 162 Å². The molecule has 10 heteroatoms. The first-order chi connectivity index (χ1) is 13.1. The minimum absolute atomic E-state index is 0.107. The summed E-state index contributed by atoms with van der Waals surface area (Å²) < 4.78 is 27.8. The van der Waals surface area contributed by atoms with Crippen LogP contribution >= 0.6 is 0 Å². The van der Waals surface area contributed by atoms with Crippen LogP contribution < -0.4 is 9.62 Å². The Kier molecular flexibility index (Phi) is 7.10. The highest BCUT2D eigenvalue weighted by molar-refractivity contribution is 7.89. The molecule has 0 saturated carbocycles. The first kappa shape index (κ1) is 22.2. The van der Waals surface area contributed by atoms with Crippen molar-refractivity contribution in [3.05, 3.63) is 36.4 Å². The lowest BCUT2D eigenvalue weighted by Crippen LogP contribution is -2.53. The second-order valence-electron chi connectivity index (χ2n) is 6.54. The van der Waals surface area contributed by atoms with E-state index in [4.69, 9.17) is 5.11 Å². The molecule has 2 aromatic carbocycles. The number of carbonyl (C=O) groups is 1. The highest BCUT2D eigenvalue weighted by Gasteiger charge is 2.34. The van der Waals surface area contributed by atoms with Crippen molar-refractivity contribution in [2.24, 2.45) is 0 Å². The van der Waals surface area contributed by atoms with Crippen LogP contribution in [0.15, 0.2) is 41.3 Å². The van der Waals surface area contributed by atoms with Gasteiger partial charge in [0.25, 0.3) is 0 Å². The topological polar surface area (TPSA) is 147 Å². The van der Waals surface area contributed by atoms with Crippen LogP contribution in [0, 0.1) is 0 Å². The fraction of sp³-hybridized carbons (Fsp3) is 0.389. The van der Waals surface area contributed by atoms with Gasteiger partial charge in [-0.05, 0) is 12.1 Å². The summed E-state index contributed by atoms with van der Waals surface area (Å²) in [6.07, 6.45) is -5.49. The minimum atomic E-state index is -4.27. The Morgan fingerprint density at radius 1 is 1.04 bits per heavy atom. The highest BCUT2D eigenvalue weighted by Crippen LogP contribution is 2.30. The lowest BCUT2D eigenvalue weighted by molar-refractivity contribution is -0.119. The second kappa shape index (κ2) is 8.95. The number of aliphatic hydroxyl groups excluding tert-OH is 4. The molecule has 2 rings (SSSR count). The summed E-state index contributed by atoms with van der Waals surface area (Å²) in [5, 5.41) is 39.2. The number of hydrogen-bond donors (Lipinski definition) is 5. The number of nitrogens with zero attached hydrogens (tertiary/aromatic N) is 1. The van der Waals surface area contributed by atoms with E-state index < -0.39 is 41.0 Å². The van der Waals surface area contributed by atoms with Gasteiger partial charge in [-0.15, -0.1) is 0 Å². The predicted molar refractivity (Wildman–Crippen MR) is 104 cm³/mol. The van der Waals surface area contributed by atoms with E-state index in [1.165, 1.54) is 6.07 Å². The van der Waals surface area contributed by atoms with Crippen molar-refractivity contribution in [3.63, 3.8) is 0 Å². The van der Waals surface area contributed by atoms with Crippen molar-refractivity contribution in [2.75, 3.05) is 25.6 Å². The fourth-order valence-corrected chi connectivity index (χ4v) is 4.26. The zero-order valence-corrected chi connectivity index (χ0v) is 16.2. The summed E-state index contributed by atoms with van der Waals surface area (Å²) in [5.41, 5.74) is 0.794. The van der Waals surface area contributed by atoms with Crippen LogP contribution in [0.4, 0.5) is 5.69 Å². The van der Waals surface area contributed by atoms with E-state index in [-0.39, 0.29) is 11.2 Å². The van der Waals surface area contributed by atoms with Crippen LogP contribution in [0.5, 0.6) is 0 Å². The average Bonchev–Trinajstić information content (AvgIpc) is 2.69. The Balaban J connectivity index is 2.44. The van der Waals surface area contributed by atoms with Gasteiger partial charge in [-0.2, -0.15) is 4.72 Å². The molecule has 0 amide bonds. The monoisotopic (exact) mass is 412 g/mol. The molecule has 0 aliphatic heterocycles. The zero-order chi connectivity index (χ0) is 21.1. The molecule has 5 N–H and O–H groups in total. The Morgan fingerprint density at radius 3 is 2.21 bits per heavy atom. The molecule has 0 aromatic heterocycles. The molecular weight excluding hydrogens is 388 g/mol. The molecule has 28 heavy (non-hydrogen) atoms. The van der Waals surface area contributed by atoms with Crippen LogP contribution in [0.3, 0.4) is 0 Å². The lowest BCUT2D eigenvalue weighted by Gasteiger charge is -2.26. The molecule has 9 nitrogen and oxygen atoms in total. The molecule has 4 atom stereocenters. The largest absolute Gasteiger partial charge is 0.394 e. The minimum Gasteiger partial charge on any atom is -0.394 e. The number of rotatable bonds is 9. The summed E-state index contributed by atoms with van der Waals surface area (Å²) >= 11 is 0. The number of fused-ring (bicyclic) bond motifs is 1. The molecule has 0 aliphatic carbocycles. The van der Waals surface area contributed by atoms with E-state index in [0.717, 1.165) is 5.69 Å². The van der Waals surface area contributed by atoms with Crippen LogP contribution in [0.2, 0.25) is 0 Å². The van der Waals surface area contributed by atoms with Crippen molar-refractivity contribution in [2.45, 2.75) is 29.2 Å². The van der Waals surface area contributed by atoms with Gasteiger partial charge < -0.3 is 30.1 Å². The molecule has 0 unspecified atom stereocenters. The van der Waals surface area contributed by atoms with Crippen LogP contribution in [-0.2, 0) is 14.8 Å². The summed E-state index contributed by atoms with van der Waals surface area (Å²) in [4.78, 5) is 13.1. The lowest BCUT2D eigenvalue weighted by atomic mass is 10.0. The van der Waals surface area contributed by atoms with Gasteiger partial charge in [-0.3, -0.25) is 0 Å². The SMILES string of the molecule is CN(C)c1cccc2c(S(=O)(=O)N[C@@H](C=O)[C@@H](O)[C@H](O)[C@H](O)CO)cccc12. The van der Waals surface area contributed by atoms with Crippen molar-refractivity contribution >= 4 is 32.8 Å². The first-order valence-corrected chi connectivity index (χ1v) is 9.94. The standard InChI is InChI=1S/C18H24N2O7S/c1-20(2)14-7-3-6-12-11(14)5-4-8-16(12)28(26,27)19-13(9-21)17(24)18(25)15(23)10-22/h3-9,13,15,17-19,22-25H,10H2,1-2H3/t13-,15+,17+,18+/m0/s1. The Hall–Kier alpha value is -2.08. The maximum atomic E-state index is 12.9. The van der Waals surface area contributed by atoms with Crippen LogP contribution in [-0.4, -0.2) is 80.2 Å². The Morgan fingerprint density at radius 2 is 1.64 bits per heavy atom. The van der Waals surface area contributed by atoms with Crippen molar-refractivity contribution in [1.82, 2.24) is 4.72 Å². The number of nitrogens with one attached hydrogen (secondary N) is 1. The molecule has 0 fully saturated rings. The van der Waals surface area contributed by atoms with Gasteiger partial charge in [-0.25, -0.2) is 8.42 Å². The molecule has 154 valence electrons. The van der Waals surface area contributed by atoms with E-state index in [9.17, 15) is 28.5 Å². The van der Waals surface area contributed by atoms with Gasteiger partial charge in [0.1, 0.15) is 30.6 Å². The van der Waals surface area contributed by atoms with Gasteiger partial charge in [0.15, 0.2) is 0 Å². The van der Waals surface area contributed by atoms with E-state index in [2.05, 4.69) is 0 Å². The third kappa shape index (κ3) is 4.49. The quantitative estimate of drug-likeness (QED) is 0.324. The number of aliphatic hydroxyl groups is 4. The number of hydrogen-bond acceptors (Lipinski definition) is 8. The van der Waals surface area contributed by atoms with E-state index in [0.29, 0.717) is 10.8 Å². The summed E-state index contributed by atoms with van der Waals surface area (Å²) in [5.74, 6) is 0. The maximum Gasteiger partial charge on any atom is 0.241 e. The third-order valence-electron chi connectivity index (χ3n) is 4.37. The third-order valence-corrected chi connectivity index (χ3v) is 5.88. The van der Waals surface area contributed by atoms with E-state index >= 15 is 0 Å². The van der Waals surface area contributed by atoms with Crippen molar-refractivity contribution < 1.29 is 33.6 Å². The molecule has 0 aliphatic rings. The number of benzene rings is 2. The normalized spacial score (nSPS) is 16.4. The van der Waals surface area contributed by atoms with Gasteiger partial charge in [-0.1, -0.05) is 24.3 Å². The number of anilines is 1. The first-order valence-electron chi connectivity index (χ1n) is 8.45. The van der Waals surface area contributed by atoms with Gasteiger partial charge in [0.05, 0.1) is 11.5 Å². The molecule has 0 radical (unpaired) electrons. The van der Waals surface area contributed by atoms with Crippen LogP contribution in [0.25, 0.3) is 10.8 Å². The summed E-state index contributed by atoms with van der Waals surface area (Å²) in [6, 6.07) is 8.09. The van der Waals surface area contributed by atoms with E-state index in [1.807, 2.05) is 29.8 Å². The number of carbonyl (C=O) groups excluding carboxylic acids is 1. The second-order valence-corrected chi connectivity index (χ2v) is 8.22. The van der Waals surface area contributed by atoms with Gasteiger partial charge in [0.2, 0.25) is 10.0 Å². The van der Waals surface area contributed by atoms with Crippen molar-refractivity contribution in [1.29, 1.82) is 0 Å². The Bertz CT molecular complexity index is 933. The fourth-order valence-electron chi connectivity index (χ4n) is 2.86. The van der Waals surface area contributed by atoms with Gasteiger partial charge in [0, 0.05) is 30.6 Å². The molecule has 2 aromatic rings. The molecule has 0 saturated heterocycles. The number of aldehydes is 1. The number of sulfonamides is 1. The maximum absolute atomic E-state index is 12.9. The molecule has 0 heterocycles. The van der Waals surface area contributed by atoms with Gasteiger partial charge >= 0.3 is 0 Å². The smallest absolute Gasteiger partial charge is 0.241 e. The highest BCUT2D eigenvalue weighted by atomic mass is 32.2. The predicted octanol–water partition coefficient (Wildman–Crippen LogP) is -1.17. The van der Waals surface area contributed by atoms with E-state index in [1.54, 1.807) is 24.3 Å². The molecule has 0 spiro atoms. The summed E-state index contributed by atoms with van der Waals surface area (Å²) in [7, 11) is -0.626.